The number of hydrogen-bond donors (Lipinski definition) is 1. The molecule has 0 unspecified atom stereocenters. The second kappa shape index (κ2) is 8.04. The molecule has 0 bridgehead atoms. The van der Waals surface area contributed by atoms with Gasteiger partial charge in [-0.2, -0.15) is 0 Å². The number of hydrogen-bond acceptors (Lipinski definition) is 2. The van der Waals surface area contributed by atoms with E-state index in [0.717, 1.165) is 19.6 Å². The Hall–Kier alpha value is -0.980. The zero-order valence-electron chi connectivity index (χ0n) is 13.4. The van der Waals surface area contributed by atoms with Gasteiger partial charge in [0.15, 0.2) is 5.96 Å². The van der Waals surface area contributed by atoms with Crippen molar-refractivity contribution in [2.45, 2.75) is 38.6 Å². The number of anilines is 1. The Balaban J connectivity index is 0.00000176. The first-order valence-corrected chi connectivity index (χ1v) is 8.12. The van der Waals surface area contributed by atoms with E-state index in [1.54, 1.807) is 0 Å². The van der Waals surface area contributed by atoms with Gasteiger partial charge in [-0.05, 0) is 49.3 Å². The highest BCUT2D eigenvalue weighted by molar-refractivity contribution is 14.0. The van der Waals surface area contributed by atoms with Gasteiger partial charge >= 0.3 is 0 Å². The zero-order chi connectivity index (χ0) is 14.7. The number of fused-ring (bicyclic) bond motifs is 1. The SMILES string of the molecule is CN1CCCc2cc(CN=C(N)N3CCCCC3)ccc21.I. The molecule has 1 saturated heterocycles. The first-order valence-electron chi connectivity index (χ1n) is 8.12. The Labute approximate surface area is 150 Å². The van der Waals surface area contributed by atoms with E-state index in [1.165, 1.54) is 48.9 Å². The van der Waals surface area contributed by atoms with Crippen molar-refractivity contribution >= 4 is 35.6 Å². The van der Waals surface area contributed by atoms with Crippen LogP contribution in [-0.2, 0) is 13.0 Å². The molecule has 1 fully saturated rings. The van der Waals surface area contributed by atoms with Crippen LogP contribution in [0.1, 0.15) is 36.8 Å². The van der Waals surface area contributed by atoms with Gasteiger partial charge in [0.05, 0.1) is 6.54 Å². The molecule has 2 aliphatic heterocycles. The number of aryl methyl sites for hydroxylation is 1. The molecule has 4 nitrogen and oxygen atoms in total. The number of nitrogens with two attached hydrogens (primary N) is 1. The van der Waals surface area contributed by atoms with Gasteiger partial charge < -0.3 is 15.5 Å². The minimum atomic E-state index is 0. The van der Waals surface area contributed by atoms with Crippen molar-refractivity contribution in [3.05, 3.63) is 29.3 Å². The summed E-state index contributed by atoms with van der Waals surface area (Å²) in [6.07, 6.45) is 6.22. The average molecular weight is 414 g/mol. The van der Waals surface area contributed by atoms with Crippen LogP contribution in [0.4, 0.5) is 5.69 Å². The Morgan fingerprint density at radius 3 is 2.68 bits per heavy atom. The highest BCUT2D eigenvalue weighted by Crippen LogP contribution is 2.27. The molecule has 2 aliphatic rings. The minimum absolute atomic E-state index is 0. The van der Waals surface area contributed by atoms with E-state index in [0.29, 0.717) is 12.5 Å². The fourth-order valence-electron chi connectivity index (χ4n) is 3.33. The van der Waals surface area contributed by atoms with E-state index in [2.05, 4.69) is 40.0 Å². The predicted octanol–water partition coefficient (Wildman–Crippen LogP) is 2.99. The molecule has 0 aromatic heterocycles. The van der Waals surface area contributed by atoms with Crippen molar-refractivity contribution in [3.8, 4) is 0 Å². The quantitative estimate of drug-likeness (QED) is 0.460. The second-order valence-electron chi connectivity index (χ2n) is 6.21. The zero-order valence-corrected chi connectivity index (χ0v) is 15.8. The topological polar surface area (TPSA) is 44.9 Å². The second-order valence-corrected chi connectivity index (χ2v) is 6.21. The summed E-state index contributed by atoms with van der Waals surface area (Å²) < 4.78 is 0. The standard InChI is InChI=1S/C17H26N4.HI/c1-20-9-5-6-15-12-14(7-8-16(15)20)13-19-17(18)21-10-3-2-4-11-21;/h7-8,12H,2-6,9-11,13H2,1H3,(H2,18,19);1H. The van der Waals surface area contributed by atoms with Crippen LogP contribution in [0, 0.1) is 0 Å². The van der Waals surface area contributed by atoms with E-state index >= 15 is 0 Å². The van der Waals surface area contributed by atoms with Crippen LogP contribution in [0.5, 0.6) is 0 Å². The van der Waals surface area contributed by atoms with Crippen molar-refractivity contribution in [2.75, 3.05) is 31.6 Å². The minimum Gasteiger partial charge on any atom is -0.374 e. The van der Waals surface area contributed by atoms with Gasteiger partial charge in [0, 0.05) is 32.4 Å². The van der Waals surface area contributed by atoms with E-state index in [4.69, 9.17) is 5.73 Å². The van der Waals surface area contributed by atoms with Crippen LogP contribution in [0.2, 0.25) is 0 Å². The summed E-state index contributed by atoms with van der Waals surface area (Å²) in [4.78, 5) is 9.15. The average Bonchev–Trinajstić information content (AvgIpc) is 2.53. The summed E-state index contributed by atoms with van der Waals surface area (Å²) in [7, 11) is 2.17. The van der Waals surface area contributed by atoms with E-state index in [9.17, 15) is 0 Å². The third-order valence-electron chi connectivity index (χ3n) is 4.60. The molecule has 0 radical (unpaired) electrons. The largest absolute Gasteiger partial charge is 0.374 e. The molecule has 22 heavy (non-hydrogen) atoms. The van der Waals surface area contributed by atoms with Crippen molar-refractivity contribution < 1.29 is 0 Å². The number of aliphatic imine (C=N–C) groups is 1. The molecule has 0 amide bonds. The molecular weight excluding hydrogens is 387 g/mol. The Morgan fingerprint density at radius 2 is 1.91 bits per heavy atom. The normalized spacial score (nSPS) is 18.7. The summed E-state index contributed by atoms with van der Waals surface area (Å²) in [5, 5.41) is 0. The number of guanidine groups is 1. The maximum absolute atomic E-state index is 6.12. The summed E-state index contributed by atoms with van der Waals surface area (Å²) in [5.41, 5.74) is 10.2. The van der Waals surface area contributed by atoms with E-state index in [1.807, 2.05) is 0 Å². The summed E-state index contributed by atoms with van der Waals surface area (Å²) in [5.74, 6) is 0.713. The highest BCUT2D eigenvalue weighted by Gasteiger charge is 2.14. The summed E-state index contributed by atoms with van der Waals surface area (Å²) in [6.45, 7) is 3.97. The van der Waals surface area contributed by atoms with E-state index < -0.39 is 0 Å². The molecule has 2 N–H and O–H groups in total. The van der Waals surface area contributed by atoms with Gasteiger partial charge in [-0.1, -0.05) is 12.1 Å². The molecule has 2 heterocycles. The third-order valence-corrected chi connectivity index (χ3v) is 4.60. The number of piperidine rings is 1. The summed E-state index contributed by atoms with van der Waals surface area (Å²) >= 11 is 0. The Kier molecular flexibility index (Phi) is 6.35. The van der Waals surface area contributed by atoms with Crippen molar-refractivity contribution in [1.29, 1.82) is 0 Å². The molecular formula is C17H27IN4. The van der Waals surface area contributed by atoms with Gasteiger partial charge in [0.2, 0.25) is 0 Å². The third kappa shape index (κ3) is 4.06. The molecule has 1 aromatic carbocycles. The number of likely N-dealkylation sites (tertiary alicyclic amines) is 1. The fourth-order valence-corrected chi connectivity index (χ4v) is 3.33. The molecule has 0 atom stereocenters. The molecule has 5 heteroatoms. The molecule has 3 rings (SSSR count). The smallest absolute Gasteiger partial charge is 0.191 e. The van der Waals surface area contributed by atoms with Crippen LogP contribution in [0.3, 0.4) is 0 Å². The van der Waals surface area contributed by atoms with Crippen LogP contribution in [0.15, 0.2) is 23.2 Å². The van der Waals surface area contributed by atoms with E-state index in [-0.39, 0.29) is 24.0 Å². The number of rotatable bonds is 2. The highest BCUT2D eigenvalue weighted by atomic mass is 127. The maximum Gasteiger partial charge on any atom is 0.191 e. The van der Waals surface area contributed by atoms with Gasteiger partial charge in [-0.15, -0.1) is 24.0 Å². The lowest BCUT2D eigenvalue weighted by Crippen LogP contribution is -2.40. The molecule has 0 saturated carbocycles. The van der Waals surface area contributed by atoms with Crippen LogP contribution < -0.4 is 10.6 Å². The molecule has 0 aliphatic carbocycles. The van der Waals surface area contributed by atoms with Crippen LogP contribution >= 0.6 is 24.0 Å². The van der Waals surface area contributed by atoms with Crippen LogP contribution in [0.25, 0.3) is 0 Å². The maximum atomic E-state index is 6.12. The molecule has 1 aromatic rings. The van der Waals surface area contributed by atoms with Crippen molar-refractivity contribution in [1.82, 2.24) is 4.90 Å². The number of halogens is 1. The fraction of sp³-hybridized carbons (Fsp3) is 0.588. The van der Waals surface area contributed by atoms with Crippen molar-refractivity contribution in [2.24, 2.45) is 10.7 Å². The Bertz CT molecular complexity index is 523. The number of benzene rings is 1. The first-order chi connectivity index (χ1) is 10.2. The first kappa shape index (κ1) is 17.4. The lowest BCUT2D eigenvalue weighted by atomic mass is 10.00. The number of nitrogens with zero attached hydrogens (tertiary/aromatic N) is 3. The monoisotopic (exact) mass is 414 g/mol. The lowest BCUT2D eigenvalue weighted by Gasteiger charge is -2.28. The molecule has 122 valence electrons. The van der Waals surface area contributed by atoms with Gasteiger partial charge in [0.25, 0.3) is 0 Å². The molecule has 0 spiro atoms. The van der Waals surface area contributed by atoms with Gasteiger partial charge in [-0.3, -0.25) is 0 Å². The van der Waals surface area contributed by atoms with Gasteiger partial charge in [-0.25, -0.2) is 4.99 Å². The van der Waals surface area contributed by atoms with Gasteiger partial charge in [0.1, 0.15) is 0 Å². The van der Waals surface area contributed by atoms with Crippen molar-refractivity contribution in [3.63, 3.8) is 0 Å². The van der Waals surface area contributed by atoms with Crippen LogP contribution in [-0.4, -0.2) is 37.5 Å². The predicted molar refractivity (Wildman–Crippen MR) is 104 cm³/mol. The summed E-state index contributed by atoms with van der Waals surface area (Å²) in [6, 6.07) is 6.72. The lowest BCUT2D eigenvalue weighted by molar-refractivity contribution is 0.338. The Morgan fingerprint density at radius 1 is 1.14 bits per heavy atom.